The molecule has 2 amide bonds. The van der Waals surface area contributed by atoms with E-state index >= 15 is 0 Å². The zero-order valence-corrected chi connectivity index (χ0v) is 19.4. The molecule has 1 atom stereocenters. The lowest BCUT2D eigenvalue weighted by Gasteiger charge is -2.29. The number of nitrogens with zero attached hydrogens (tertiary/aromatic N) is 1. The molecule has 2 aromatic carbocycles. The average Bonchev–Trinajstić information content (AvgIpc) is 2.64. The number of carbonyl (C=O) groups excluding carboxylic acids is 2. The van der Waals surface area contributed by atoms with Crippen molar-refractivity contribution in [1.29, 1.82) is 0 Å². The molecule has 0 aromatic heterocycles. The fourth-order valence-corrected chi connectivity index (χ4v) is 3.54. The summed E-state index contributed by atoms with van der Waals surface area (Å²) in [5.41, 5.74) is 2.04. The number of nitrogens with one attached hydrogen (secondary N) is 1. The first-order valence-electron chi connectivity index (χ1n) is 9.40. The summed E-state index contributed by atoms with van der Waals surface area (Å²) in [7, 11) is 0. The smallest absolute Gasteiger partial charge is 0.261 e. The molecule has 156 valence electrons. The van der Waals surface area contributed by atoms with Gasteiger partial charge >= 0.3 is 0 Å². The van der Waals surface area contributed by atoms with E-state index in [0.717, 1.165) is 15.6 Å². The Morgan fingerprint density at radius 3 is 2.52 bits per heavy atom. The third-order valence-corrected chi connectivity index (χ3v) is 5.07. The number of benzene rings is 2. The second-order valence-electron chi connectivity index (χ2n) is 7.21. The fraction of sp³-hybridized carbons (Fsp3) is 0.364. The Morgan fingerprint density at radius 2 is 1.90 bits per heavy atom. The molecule has 0 radical (unpaired) electrons. The number of hydrogen-bond donors (Lipinski definition) is 1. The van der Waals surface area contributed by atoms with Crippen molar-refractivity contribution < 1.29 is 14.3 Å². The van der Waals surface area contributed by atoms with E-state index in [1.165, 1.54) is 4.90 Å². The highest BCUT2D eigenvalue weighted by molar-refractivity contribution is 9.10. The topological polar surface area (TPSA) is 58.6 Å². The van der Waals surface area contributed by atoms with Crippen LogP contribution in [-0.4, -0.2) is 35.4 Å². The highest BCUT2D eigenvalue weighted by Crippen LogP contribution is 2.27. The van der Waals surface area contributed by atoms with Gasteiger partial charge in [-0.15, -0.1) is 0 Å². The van der Waals surface area contributed by atoms with Gasteiger partial charge in [-0.3, -0.25) is 9.59 Å². The lowest BCUT2D eigenvalue weighted by atomic mass is 10.1. The summed E-state index contributed by atoms with van der Waals surface area (Å²) in [5.74, 6) is -0.0856. The largest absolute Gasteiger partial charge is 0.482 e. The van der Waals surface area contributed by atoms with Crippen molar-refractivity contribution in [1.82, 2.24) is 10.2 Å². The van der Waals surface area contributed by atoms with Crippen LogP contribution in [0.25, 0.3) is 0 Å². The predicted octanol–water partition coefficient (Wildman–Crippen LogP) is 4.73. The Balaban J connectivity index is 2.17. The van der Waals surface area contributed by atoms with Gasteiger partial charge in [-0.1, -0.05) is 57.4 Å². The van der Waals surface area contributed by atoms with Crippen LogP contribution in [0, 0.1) is 6.92 Å². The number of rotatable bonds is 8. The van der Waals surface area contributed by atoms with Crippen LogP contribution in [0.15, 0.2) is 46.9 Å². The molecular formula is C22H26BrClN2O3. The van der Waals surface area contributed by atoms with E-state index < -0.39 is 6.04 Å². The van der Waals surface area contributed by atoms with Crippen molar-refractivity contribution in [3.05, 3.63) is 63.1 Å². The molecule has 29 heavy (non-hydrogen) atoms. The number of amides is 2. The minimum Gasteiger partial charge on any atom is -0.482 e. The van der Waals surface area contributed by atoms with E-state index in [-0.39, 0.29) is 24.5 Å². The van der Waals surface area contributed by atoms with Crippen molar-refractivity contribution in [3.8, 4) is 5.75 Å². The van der Waals surface area contributed by atoms with E-state index in [1.807, 2.05) is 45.0 Å². The van der Waals surface area contributed by atoms with Gasteiger partial charge in [0.15, 0.2) is 6.61 Å². The van der Waals surface area contributed by atoms with Crippen molar-refractivity contribution in [3.63, 3.8) is 0 Å². The summed E-state index contributed by atoms with van der Waals surface area (Å²) >= 11 is 9.50. The molecule has 0 saturated carbocycles. The molecule has 5 nitrogen and oxygen atoms in total. The van der Waals surface area contributed by atoms with E-state index in [2.05, 4.69) is 21.2 Å². The molecular weight excluding hydrogens is 456 g/mol. The number of hydrogen-bond acceptors (Lipinski definition) is 3. The molecule has 2 aromatic rings. The Morgan fingerprint density at radius 1 is 1.17 bits per heavy atom. The number of ether oxygens (including phenoxy) is 1. The highest BCUT2D eigenvalue weighted by atomic mass is 79.9. The zero-order valence-electron chi connectivity index (χ0n) is 17.0. The van der Waals surface area contributed by atoms with Gasteiger partial charge in [-0.2, -0.15) is 0 Å². The maximum Gasteiger partial charge on any atom is 0.261 e. The summed E-state index contributed by atoms with van der Waals surface area (Å²) in [6, 6.07) is 12.4. The molecule has 1 unspecified atom stereocenters. The molecule has 0 aliphatic rings. The Labute approximate surface area is 185 Å². The Hall–Kier alpha value is -2.05. The standard InChI is InChI=1S/C22H26BrClN2O3/c1-14(2)25-22(28)16(4)26(12-17-7-5-6-15(3)10-17)21(27)13-29-20-9-8-18(23)11-19(20)24/h5-11,14,16H,12-13H2,1-4H3,(H,25,28). The van der Waals surface area contributed by atoms with Gasteiger partial charge < -0.3 is 15.0 Å². The molecule has 1 N–H and O–H groups in total. The second-order valence-corrected chi connectivity index (χ2v) is 8.54. The average molecular weight is 482 g/mol. The van der Waals surface area contributed by atoms with E-state index in [4.69, 9.17) is 16.3 Å². The van der Waals surface area contributed by atoms with Gasteiger partial charge in [0.05, 0.1) is 5.02 Å². The lowest BCUT2D eigenvalue weighted by Crippen LogP contribution is -2.50. The SMILES string of the molecule is Cc1cccc(CN(C(=O)COc2ccc(Br)cc2Cl)C(C)C(=O)NC(C)C)c1. The van der Waals surface area contributed by atoms with E-state index in [9.17, 15) is 9.59 Å². The number of halogens is 2. The van der Waals surface area contributed by atoms with Crippen LogP contribution in [-0.2, 0) is 16.1 Å². The third-order valence-electron chi connectivity index (χ3n) is 4.28. The van der Waals surface area contributed by atoms with Crippen molar-refractivity contribution >= 4 is 39.3 Å². The molecule has 2 rings (SSSR count). The molecule has 7 heteroatoms. The maximum atomic E-state index is 13.0. The van der Waals surface area contributed by atoms with Gasteiger partial charge in [0.2, 0.25) is 5.91 Å². The van der Waals surface area contributed by atoms with Crippen LogP contribution < -0.4 is 10.1 Å². The van der Waals surface area contributed by atoms with Crippen LogP contribution in [0.2, 0.25) is 5.02 Å². The molecule has 0 spiro atoms. The molecule has 0 aliphatic heterocycles. The van der Waals surface area contributed by atoms with Gasteiger partial charge in [-0.05, 0) is 51.5 Å². The monoisotopic (exact) mass is 480 g/mol. The van der Waals surface area contributed by atoms with Crippen LogP contribution in [0.5, 0.6) is 5.75 Å². The first kappa shape index (κ1) is 23.2. The molecule has 0 bridgehead atoms. The van der Waals surface area contributed by atoms with Crippen molar-refractivity contribution in [2.75, 3.05) is 6.61 Å². The summed E-state index contributed by atoms with van der Waals surface area (Å²) < 4.78 is 6.45. The minimum absolute atomic E-state index is 0.0151. The minimum atomic E-state index is -0.644. The first-order valence-corrected chi connectivity index (χ1v) is 10.6. The fourth-order valence-electron chi connectivity index (χ4n) is 2.81. The summed E-state index contributed by atoms with van der Waals surface area (Å²) in [4.78, 5) is 27.1. The van der Waals surface area contributed by atoms with Crippen molar-refractivity contribution in [2.24, 2.45) is 0 Å². The van der Waals surface area contributed by atoms with Gasteiger partial charge in [0, 0.05) is 17.1 Å². The van der Waals surface area contributed by atoms with Crippen LogP contribution in [0.3, 0.4) is 0 Å². The molecule has 0 aliphatic carbocycles. The van der Waals surface area contributed by atoms with Gasteiger partial charge in [-0.25, -0.2) is 0 Å². The quantitative estimate of drug-likeness (QED) is 0.593. The normalized spacial score (nSPS) is 11.8. The second kappa shape index (κ2) is 10.6. The van der Waals surface area contributed by atoms with E-state index in [1.54, 1.807) is 25.1 Å². The lowest BCUT2D eigenvalue weighted by molar-refractivity contribution is -0.142. The predicted molar refractivity (Wildman–Crippen MR) is 119 cm³/mol. The Bertz CT molecular complexity index is 873. The molecule has 0 heterocycles. The molecule has 0 saturated heterocycles. The summed E-state index contributed by atoms with van der Waals surface area (Å²) in [5, 5.41) is 3.27. The van der Waals surface area contributed by atoms with E-state index in [0.29, 0.717) is 17.3 Å². The highest BCUT2D eigenvalue weighted by Gasteiger charge is 2.27. The molecule has 0 fully saturated rings. The maximum absolute atomic E-state index is 13.0. The first-order chi connectivity index (χ1) is 13.7. The summed E-state index contributed by atoms with van der Waals surface area (Å²) in [6.07, 6.45) is 0. The third kappa shape index (κ3) is 7.05. The van der Waals surface area contributed by atoms with Gasteiger partial charge in [0.1, 0.15) is 11.8 Å². The van der Waals surface area contributed by atoms with Crippen LogP contribution in [0.4, 0.5) is 0 Å². The zero-order chi connectivity index (χ0) is 21.6. The van der Waals surface area contributed by atoms with Crippen molar-refractivity contribution in [2.45, 2.75) is 46.3 Å². The van der Waals surface area contributed by atoms with Gasteiger partial charge in [0.25, 0.3) is 5.91 Å². The van der Waals surface area contributed by atoms with Crippen LogP contribution in [0.1, 0.15) is 31.9 Å². The number of aryl methyl sites for hydroxylation is 1. The summed E-state index contributed by atoms with van der Waals surface area (Å²) in [6.45, 7) is 7.57. The Kier molecular flexibility index (Phi) is 8.53. The van der Waals surface area contributed by atoms with Crippen LogP contribution >= 0.6 is 27.5 Å². The number of carbonyl (C=O) groups is 2.